The summed E-state index contributed by atoms with van der Waals surface area (Å²) in [6.45, 7) is -0.926. The van der Waals surface area contributed by atoms with Gasteiger partial charge in [-0.05, 0) is 22.8 Å². The Bertz CT molecular complexity index is 1020. The molecular formula is C23H18NO2PS. The number of carbonyl (C=O) groups excluding carboxylic acids is 1. The van der Waals surface area contributed by atoms with E-state index >= 15 is 0 Å². The number of esters is 1. The molecule has 0 amide bonds. The van der Waals surface area contributed by atoms with E-state index in [0.29, 0.717) is 10.3 Å². The molecule has 0 fully saturated rings. The van der Waals surface area contributed by atoms with Crippen LogP contribution in [-0.2, 0) is 9.53 Å². The highest BCUT2D eigenvalue weighted by Crippen LogP contribution is 2.47. The fourth-order valence-corrected chi connectivity index (χ4v) is 8.36. The lowest BCUT2D eigenvalue weighted by Gasteiger charge is -2.32. The number of ether oxygens (including phenoxy) is 1. The summed E-state index contributed by atoms with van der Waals surface area (Å²) in [4.78, 5) is 17.8. The van der Waals surface area contributed by atoms with Gasteiger partial charge in [0.05, 0.1) is 0 Å². The average Bonchev–Trinajstić information content (AvgIpc) is 2.72. The summed E-state index contributed by atoms with van der Waals surface area (Å²) in [7, 11) is 0. The number of aliphatic imine (C=N–C) groups is 1. The molecular weight excluding hydrogens is 385 g/mol. The second-order valence-electron chi connectivity index (χ2n) is 6.35. The van der Waals surface area contributed by atoms with Crippen molar-refractivity contribution in [3.05, 3.63) is 91.0 Å². The number of rotatable bonds is 3. The molecule has 3 aromatic rings. The van der Waals surface area contributed by atoms with Crippen molar-refractivity contribution in [3.8, 4) is 0 Å². The Labute approximate surface area is 169 Å². The molecule has 4 rings (SSSR count). The molecule has 0 radical (unpaired) electrons. The third-order valence-electron chi connectivity index (χ3n) is 4.66. The van der Waals surface area contributed by atoms with E-state index in [1.807, 2.05) is 54.6 Å². The molecule has 0 aromatic heterocycles. The van der Waals surface area contributed by atoms with Gasteiger partial charge in [-0.1, -0.05) is 103 Å². The summed E-state index contributed by atoms with van der Waals surface area (Å²) in [6.07, 6.45) is 0. The van der Waals surface area contributed by atoms with Crippen LogP contribution in [0.3, 0.4) is 0 Å². The van der Waals surface area contributed by atoms with Gasteiger partial charge in [-0.15, -0.1) is 0 Å². The van der Waals surface area contributed by atoms with E-state index in [1.54, 1.807) is 6.92 Å². The molecule has 5 heteroatoms. The van der Waals surface area contributed by atoms with Crippen molar-refractivity contribution in [2.24, 2.45) is 4.99 Å². The lowest BCUT2D eigenvalue weighted by molar-refractivity contribution is -0.127. The number of hydrogen-bond acceptors (Lipinski definition) is 3. The molecule has 0 saturated carbocycles. The molecule has 138 valence electrons. The Morgan fingerprint density at radius 2 is 1.14 bits per heavy atom. The topological polar surface area (TPSA) is 38.7 Å². The van der Waals surface area contributed by atoms with Gasteiger partial charge in [0.25, 0.3) is 0 Å². The first kappa shape index (κ1) is 18.5. The third kappa shape index (κ3) is 3.05. The van der Waals surface area contributed by atoms with Crippen LogP contribution in [0.15, 0.2) is 96.0 Å². The second kappa shape index (κ2) is 7.67. The van der Waals surface area contributed by atoms with Crippen LogP contribution in [0.4, 0.5) is 0 Å². The van der Waals surface area contributed by atoms with E-state index in [1.165, 1.54) is 0 Å². The summed E-state index contributed by atoms with van der Waals surface area (Å²) in [6, 6.07) is 30.2. The molecule has 1 aliphatic heterocycles. The van der Waals surface area contributed by atoms with Crippen molar-refractivity contribution in [2.45, 2.75) is 6.92 Å². The minimum Gasteiger partial charge on any atom is -0.408 e. The first-order valence-corrected chi connectivity index (χ1v) is 11.1. The normalized spacial score (nSPS) is 14.5. The Morgan fingerprint density at radius 1 is 0.750 bits per heavy atom. The molecule has 1 heterocycles. The molecule has 1 aliphatic rings. The zero-order valence-corrected chi connectivity index (χ0v) is 17.0. The van der Waals surface area contributed by atoms with Crippen LogP contribution in [0, 0.1) is 0 Å². The molecule has 0 aliphatic carbocycles. The van der Waals surface area contributed by atoms with Crippen molar-refractivity contribution in [1.29, 1.82) is 0 Å². The number of hydrogen-bond donors (Lipinski definition) is 0. The summed E-state index contributed by atoms with van der Waals surface area (Å²) in [5.74, 6) is -0.131. The molecule has 0 spiro atoms. The predicted molar refractivity (Wildman–Crippen MR) is 122 cm³/mol. The molecule has 0 unspecified atom stereocenters. The van der Waals surface area contributed by atoms with Crippen LogP contribution in [-0.4, -0.2) is 22.1 Å². The lowest BCUT2D eigenvalue weighted by Crippen LogP contribution is -2.40. The second-order valence-corrected chi connectivity index (χ2v) is 10.1. The van der Waals surface area contributed by atoms with E-state index < -0.39 is 12.9 Å². The smallest absolute Gasteiger partial charge is 0.348 e. The Kier molecular flexibility index (Phi) is 5.08. The van der Waals surface area contributed by atoms with Gasteiger partial charge >= 0.3 is 5.97 Å². The summed E-state index contributed by atoms with van der Waals surface area (Å²) < 4.78 is 5.45. The standard InChI is InChI=1S/C23H18NO2PS/c1-17-24-22(28)21(23(25)26-17)27(18-11-5-2-6-12-18,19-13-7-3-8-14-19)20-15-9-4-10-16-20/h2-16H,1H3. The number of nitrogens with zero attached hydrogens (tertiary/aromatic N) is 1. The Morgan fingerprint density at radius 3 is 1.50 bits per heavy atom. The zero-order chi connectivity index (χ0) is 19.6. The third-order valence-corrected chi connectivity index (χ3v) is 9.39. The van der Waals surface area contributed by atoms with Crippen LogP contribution in [0.1, 0.15) is 6.92 Å². The van der Waals surface area contributed by atoms with Gasteiger partial charge in [0.15, 0.2) is 5.90 Å². The zero-order valence-electron chi connectivity index (χ0n) is 15.3. The maximum atomic E-state index is 13.2. The van der Waals surface area contributed by atoms with Gasteiger partial charge in [0.2, 0.25) is 0 Å². The van der Waals surface area contributed by atoms with Crippen molar-refractivity contribution in [2.75, 3.05) is 0 Å². The highest BCUT2D eigenvalue weighted by atomic mass is 32.1. The Hall–Kier alpha value is -2.81. The minimum absolute atomic E-state index is 0.283. The van der Waals surface area contributed by atoms with Crippen LogP contribution < -0.4 is 15.9 Å². The van der Waals surface area contributed by atoms with Gasteiger partial charge in [-0.3, -0.25) is 0 Å². The van der Waals surface area contributed by atoms with Crippen molar-refractivity contribution in [1.82, 2.24) is 0 Å². The van der Waals surface area contributed by atoms with Gasteiger partial charge in [-0.25, -0.2) is 9.79 Å². The SMILES string of the molecule is CC1=NC(=S)C(=P(c2ccccc2)(c2ccccc2)c2ccccc2)C(=O)O1. The number of thiocarbonyl (C=S) groups is 1. The largest absolute Gasteiger partial charge is 0.408 e. The van der Waals surface area contributed by atoms with Crippen molar-refractivity contribution < 1.29 is 9.53 Å². The monoisotopic (exact) mass is 403 g/mol. The van der Waals surface area contributed by atoms with Crippen molar-refractivity contribution in [3.63, 3.8) is 0 Å². The molecule has 3 aromatic carbocycles. The van der Waals surface area contributed by atoms with Crippen LogP contribution in [0.25, 0.3) is 0 Å². The van der Waals surface area contributed by atoms with E-state index in [4.69, 9.17) is 17.0 Å². The first-order chi connectivity index (χ1) is 13.6. The molecule has 0 N–H and O–H groups in total. The molecule has 28 heavy (non-hydrogen) atoms. The van der Waals surface area contributed by atoms with E-state index in [2.05, 4.69) is 41.4 Å². The lowest BCUT2D eigenvalue weighted by atomic mass is 10.3. The molecule has 0 bridgehead atoms. The van der Waals surface area contributed by atoms with E-state index in [0.717, 1.165) is 15.9 Å². The fourth-order valence-electron chi connectivity index (χ4n) is 3.56. The maximum absolute atomic E-state index is 13.2. The number of cyclic esters (lactones) is 1. The fraction of sp³-hybridized carbons (Fsp3) is 0.0435. The summed E-state index contributed by atoms with van der Waals surface area (Å²) in [5.41, 5.74) is 0. The van der Waals surface area contributed by atoms with Gasteiger partial charge in [0.1, 0.15) is 10.3 Å². The molecule has 0 saturated heterocycles. The maximum Gasteiger partial charge on any atom is 0.348 e. The summed E-state index contributed by atoms with van der Waals surface area (Å²) >= 11 is 5.63. The van der Waals surface area contributed by atoms with Gasteiger partial charge in [-0.2, -0.15) is 0 Å². The minimum atomic E-state index is -2.57. The van der Waals surface area contributed by atoms with Crippen LogP contribution in [0.2, 0.25) is 0 Å². The molecule has 0 atom stereocenters. The van der Waals surface area contributed by atoms with Crippen LogP contribution in [0.5, 0.6) is 0 Å². The number of benzene rings is 3. The first-order valence-electron chi connectivity index (χ1n) is 8.89. The quantitative estimate of drug-likeness (QED) is 0.382. The highest BCUT2D eigenvalue weighted by molar-refractivity contribution is 8.00. The van der Waals surface area contributed by atoms with Gasteiger partial charge < -0.3 is 4.74 Å². The van der Waals surface area contributed by atoms with E-state index in [9.17, 15) is 4.79 Å². The molecule has 3 nitrogen and oxygen atoms in total. The predicted octanol–water partition coefficient (Wildman–Crippen LogP) is 3.46. The van der Waals surface area contributed by atoms with E-state index in [-0.39, 0.29) is 5.90 Å². The van der Waals surface area contributed by atoms with Crippen LogP contribution >= 0.6 is 19.1 Å². The van der Waals surface area contributed by atoms with Gasteiger partial charge in [0, 0.05) is 6.92 Å². The highest BCUT2D eigenvalue weighted by Gasteiger charge is 2.38. The number of carbonyl (C=O) groups is 1. The van der Waals surface area contributed by atoms with Crippen molar-refractivity contribution >= 4 is 57.2 Å². The summed E-state index contributed by atoms with van der Waals surface area (Å²) in [5, 5.41) is 3.58. The average molecular weight is 403 g/mol. The Balaban J connectivity index is 2.26.